The standard InChI is InChI=1S/C31H36F2N4O5/c1-20-26(27(22-11-12-24(32)25(33)19-22)37(21(2)35-20)30(40)42-4)28(38)34-15-8-16-36-17-13-31(14-18-36,29(39)41-3)23-9-6-5-7-10-23/h5-7,9-12,19,27H,8,13-18H2,1-4H3,(H,34,38). The van der Waals surface area contributed by atoms with E-state index in [1.165, 1.54) is 20.3 Å². The Morgan fingerprint density at radius 3 is 2.31 bits per heavy atom. The summed E-state index contributed by atoms with van der Waals surface area (Å²) in [6.45, 7) is 5.63. The number of amidine groups is 1. The lowest BCUT2D eigenvalue weighted by Crippen LogP contribution is -2.48. The molecule has 0 aromatic heterocycles. The first-order valence-electron chi connectivity index (χ1n) is 13.9. The summed E-state index contributed by atoms with van der Waals surface area (Å²) in [6.07, 6.45) is 1.10. The molecule has 1 unspecified atom stereocenters. The van der Waals surface area contributed by atoms with Crippen LogP contribution in [0, 0.1) is 11.6 Å². The van der Waals surface area contributed by atoms with Crippen LogP contribution in [0.5, 0.6) is 0 Å². The Balaban J connectivity index is 1.41. The molecule has 1 fully saturated rings. The van der Waals surface area contributed by atoms with E-state index < -0.39 is 35.1 Å². The van der Waals surface area contributed by atoms with Crippen molar-refractivity contribution in [2.45, 2.75) is 44.6 Å². The highest BCUT2D eigenvalue weighted by molar-refractivity contribution is 6.03. The Bertz CT molecular complexity index is 1390. The van der Waals surface area contributed by atoms with E-state index in [0.717, 1.165) is 22.6 Å². The zero-order valence-electron chi connectivity index (χ0n) is 24.3. The molecule has 4 rings (SSSR count). The molecule has 1 atom stereocenters. The van der Waals surface area contributed by atoms with Gasteiger partial charge >= 0.3 is 12.1 Å². The molecule has 224 valence electrons. The van der Waals surface area contributed by atoms with Crippen molar-refractivity contribution in [2.24, 2.45) is 4.99 Å². The number of carbonyl (C=O) groups excluding carboxylic acids is 3. The Labute approximate surface area is 244 Å². The first-order chi connectivity index (χ1) is 20.1. The van der Waals surface area contributed by atoms with Gasteiger partial charge in [0.25, 0.3) is 5.91 Å². The highest BCUT2D eigenvalue weighted by Crippen LogP contribution is 2.38. The van der Waals surface area contributed by atoms with E-state index >= 15 is 0 Å². The number of nitrogens with zero attached hydrogens (tertiary/aromatic N) is 3. The van der Waals surface area contributed by atoms with Crippen LogP contribution in [0.3, 0.4) is 0 Å². The number of ether oxygens (including phenoxy) is 2. The van der Waals surface area contributed by atoms with Crippen LogP contribution in [0.1, 0.15) is 50.3 Å². The lowest BCUT2D eigenvalue weighted by atomic mass is 9.72. The molecule has 11 heteroatoms. The molecule has 0 bridgehead atoms. The van der Waals surface area contributed by atoms with E-state index in [1.54, 1.807) is 13.8 Å². The molecule has 0 radical (unpaired) electrons. The number of aliphatic imine (C=N–C) groups is 1. The number of methoxy groups -OCH3 is 2. The minimum absolute atomic E-state index is 0.140. The molecular weight excluding hydrogens is 546 g/mol. The molecule has 2 aliphatic heterocycles. The first kappa shape index (κ1) is 30.8. The Kier molecular flexibility index (Phi) is 9.72. The number of allylic oxidation sites excluding steroid dienone is 1. The number of rotatable bonds is 8. The van der Waals surface area contributed by atoms with Gasteiger partial charge in [-0.2, -0.15) is 0 Å². The third-order valence-electron chi connectivity index (χ3n) is 8.02. The van der Waals surface area contributed by atoms with E-state index in [1.807, 2.05) is 30.3 Å². The fourth-order valence-electron chi connectivity index (χ4n) is 5.81. The maximum atomic E-state index is 14.2. The molecule has 0 aliphatic carbocycles. The SMILES string of the molecule is COC(=O)N1C(C)=NC(C)=C(C(=O)NCCCN2CCC(C(=O)OC)(c3ccccc3)CC2)C1c1ccc(F)c(F)c1. The molecule has 2 aliphatic rings. The fourth-order valence-corrected chi connectivity index (χ4v) is 5.81. The van der Waals surface area contributed by atoms with E-state index in [0.29, 0.717) is 51.1 Å². The molecular formula is C31H36F2N4O5. The van der Waals surface area contributed by atoms with Crippen LogP contribution in [0.25, 0.3) is 0 Å². The van der Waals surface area contributed by atoms with Gasteiger partial charge in [-0.05, 0) is 76.0 Å². The zero-order valence-corrected chi connectivity index (χ0v) is 24.3. The number of amides is 2. The van der Waals surface area contributed by atoms with Crippen molar-refractivity contribution in [3.8, 4) is 0 Å². The summed E-state index contributed by atoms with van der Waals surface area (Å²) in [5.41, 5.74) is 0.981. The third-order valence-corrected chi connectivity index (χ3v) is 8.02. The summed E-state index contributed by atoms with van der Waals surface area (Å²) < 4.78 is 38.0. The maximum absolute atomic E-state index is 14.2. The van der Waals surface area contributed by atoms with Crippen LogP contribution in [0.4, 0.5) is 13.6 Å². The van der Waals surface area contributed by atoms with Crippen molar-refractivity contribution >= 4 is 23.8 Å². The molecule has 0 saturated carbocycles. The van der Waals surface area contributed by atoms with Crippen LogP contribution in [-0.4, -0.2) is 74.0 Å². The van der Waals surface area contributed by atoms with Crippen LogP contribution >= 0.6 is 0 Å². The van der Waals surface area contributed by atoms with Gasteiger partial charge in [0.05, 0.1) is 36.9 Å². The minimum atomic E-state index is -1.10. The molecule has 42 heavy (non-hydrogen) atoms. The van der Waals surface area contributed by atoms with Gasteiger partial charge in [0.2, 0.25) is 0 Å². The van der Waals surface area contributed by atoms with Gasteiger partial charge in [0.1, 0.15) is 5.84 Å². The second kappa shape index (κ2) is 13.2. The average molecular weight is 583 g/mol. The highest BCUT2D eigenvalue weighted by atomic mass is 19.2. The number of carbonyl (C=O) groups is 3. The number of benzene rings is 2. The number of likely N-dealkylation sites (tertiary alicyclic amines) is 1. The van der Waals surface area contributed by atoms with Gasteiger partial charge < -0.3 is 19.7 Å². The number of piperidine rings is 1. The fraction of sp³-hybridized carbons (Fsp3) is 0.419. The van der Waals surface area contributed by atoms with Crippen molar-refractivity contribution in [1.29, 1.82) is 0 Å². The van der Waals surface area contributed by atoms with Crippen LogP contribution < -0.4 is 5.32 Å². The predicted molar refractivity (Wildman–Crippen MR) is 153 cm³/mol. The summed E-state index contributed by atoms with van der Waals surface area (Å²) in [6, 6.07) is 11.9. The molecule has 2 amide bonds. The zero-order chi connectivity index (χ0) is 30.4. The number of hydrogen-bond acceptors (Lipinski definition) is 7. The van der Waals surface area contributed by atoms with Crippen molar-refractivity contribution in [3.63, 3.8) is 0 Å². The lowest BCUT2D eigenvalue weighted by molar-refractivity contribution is -0.149. The second-order valence-corrected chi connectivity index (χ2v) is 10.5. The summed E-state index contributed by atoms with van der Waals surface area (Å²) in [5, 5.41) is 2.90. The molecule has 1 saturated heterocycles. The van der Waals surface area contributed by atoms with Crippen molar-refractivity contribution in [1.82, 2.24) is 15.1 Å². The van der Waals surface area contributed by atoms with Gasteiger partial charge in [0.15, 0.2) is 11.6 Å². The lowest BCUT2D eigenvalue weighted by Gasteiger charge is -2.40. The molecule has 9 nitrogen and oxygen atoms in total. The molecule has 2 aromatic carbocycles. The average Bonchev–Trinajstić information content (AvgIpc) is 3.00. The molecule has 2 aromatic rings. The summed E-state index contributed by atoms with van der Waals surface area (Å²) in [4.78, 5) is 46.7. The smallest absolute Gasteiger partial charge is 0.415 e. The summed E-state index contributed by atoms with van der Waals surface area (Å²) in [5.74, 6) is -2.58. The van der Waals surface area contributed by atoms with E-state index in [9.17, 15) is 23.2 Å². The number of hydrogen-bond donors (Lipinski definition) is 1. The normalized spacial score (nSPS) is 18.8. The largest absolute Gasteiger partial charge is 0.468 e. The molecule has 0 spiro atoms. The minimum Gasteiger partial charge on any atom is -0.468 e. The van der Waals surface area contributed by atoms with E-state index in [2.05, 4.69) is 15.2 Å². The van der Waals surface area contributed by atoms with Gasteiger partial charge in [-0.15, -0.1) is 0 Å². The van der Waals surface area contributed by atoms with Crippen LogP contribution in [0.2, 0.25) is 0 Å². The molecule has 1 N–H and O–H groups in total. The second-order valence-electron chi connectivity index (χ2n) is 10.5. The van der Waals surface area contributed by atoms with Crippen molar-refractivity contribution < 1.29 is 32.6 Å². The third kappa shape index (κ3) is 6.20. The number of halogens is 2. The Morgan fingerprint density at radius 2 is 1.69 bits per heavy atom. The number of nitrogens with one attached hydrogen (secondary N) is 1. The monoisotopic (exact) mass is 582 g/mol. The summed E-state index contributed by atoms with van der Waals surface area (Å²) in [7, 11) is 2.61. The Hall–Kier alpha value is -4.12. The van der Waals surface area contributed by atoms with Crippen molar-refractivity contribution in [3.05, 3.63) is 82.6 Å². The quantitative estimate of drug-likeness (QED) is 0.364. The van der Waals surface area contributed by atoms with Crippen LogP contribution in [0.15, 0.2) is 64.8 Å². The maximum Gasteiger partial charge on any atom is 0.415 e. The predicted octanol–water partition coefficient (Wildman–Crippen LogP) is 4.49. The summed E-state index contributed by atoms with van der Waals surface area (Å²) >= 11 is 0. The Morgan fingerprint density at radius 1 is 1.00 bits per heavy atom. The van der Waals surface area contributed by atoms with Gasteiger partial charge in [-0.25, -0.2) is 18.6 Å². The number of esters is 1. The van der Waals surface area contributed by atoms with Gasteiger partial charge in [0, 0.05) is 6.54 Å². The highest BCUT2D eigenvalue weighted by Gasteiger charge is 2.44. The van der Waals surface area contributed by atoms with Gasteiger partial charge in [-0.3, -0.25) is 14.5 Å². The van der Waals surface area contributed by atoms with Gasteiger partial charge in [-0.1, -0.05) is 36.4 Å². The van der Waals surface area contributed by atoms with Crippen molar-refractivity contribution in [2.75, 3.05) is 40.4 Å². The first-order valence-corrected chi connectivity index (χ1v) is 13.9. The molecule has 2 heterocycles. The van der Waals surface area contributed by atoms with E-state index in [4.69, 9.17) is 9.47 Å². The van der Waals surface area contributed by atoms with Crippen LogP contribution in [-0.2, 0) is 24.5 Å². The topological polar surface area (TPSA) is 101 Å². The van der Waals surface area contributed by atoms with E-state index in [-0.39, 0.29) is 22.9 Å².